The molecule has 0 atom stereocenters. The number of ether oxygens (including phenoxy) is 1. The molecule has 4 rings (SSSR count). The molecule has 0 saturated carbocycles. The van der Waals surface area contributed by atoms with Crippen LogP contribution < -0.4 is 4.74 Å². The van der Waals surface area contributed by atoms with Crippen molar-refractivity contribution in [2.24, 2.45) is 0 Å². The molecule has 2 aromatic carbocycles. The van der Waals surface area contributed by atoms with Gasteiger partial charge in [-0.1, -0.05) is 30.3 Å². The van der Waals surface area contributed by atoms with Gasteiger partial charge in [-0.05, 0) is 62.6 Å². The van der Waals surface area contributed by atoms with Gasteiger partial charge in [-0.2, -0.15) is 0 Å². The van der Waals surface area contributed by atoms with Crippen molar-refractivity contribution >= 4 is 17.4 Å². The fourth-order valence-corrected chi connectivity index (χ4v) is 4.04. The van der Waals surface area contributed by atoms with Crippen molar-refractivity contribution in [3.8, 4) is 5.75 Å². The number of carbonyl (C=O) groups is 2. The van der Waals surface area contributed by atoms with E-state index >= 15 is 0 Å². The van der Waals surface area contributed by atoms with Crippen LogP contribution in [-0.4, -0.2) is 26.2 Å². The predicted octanol–water partition coefficient (Wildman–Crippen LogP) is 5.68. The van der Waals surface area contributed by atoms with E-state index in [0.29, 0.717) is 34.8 Å². The Balaban J connectivity index is 1.54. The van der Waals surface area contributed by atoms with Crippen LogP contribution in [0.5, 0.6) is 5.75 Å². The number of nitrogens with zero attached hydrogens (tertiary/aromatic N) is 2. The van der Waals surface area contributed by atoms with Gasteiger partial charge >= 0.3 is 5.97 Å². The number of aliphatic carboxylic acids is 1. The zero-order valence-electron chi connectivity index (χ0n) is 20.2. The molecule has 0 unspecified atom stereocenters. The number of carboxylic acids is 1. The van der Waals surface area contributed by atoms with Gasteiger partial charge in [0.1, 0.15) is 23.9 Å². The Labute approximate surface area is 207 Å². The molecule has 6 nitrogen and oxygen atoms in total. The van der Waals surface area contributed by atoms with E-state index in [-0.39, 0.29) is 24.4 Å². The van der Waals surface area contributed by atoms with Gasteiger partial charge in [-0.15, -0.1) is 0 Å². The van der Waals surface area contributed by atoms with Gasteiger partial charge in [-0.25, -0.2) is 13.8 Å². The van der Waals surface area contributed by atoms with Gasteiger partial charge in [0.25, 0.3) is 0 Å². The summed E-state index contributed by atoms with van der Waals surface area (Å²) >= 11 is 0. The van der Waals surface area contributed by atoms with Crippen molar-refractivity contribution in [2.75, 3.05) is 0 Å². The molecule has 0 aliphatic carbocycles. The minimum atomic E-state index is -1.04. The zero-order chi connectivity index (χ0) is 26.0. The average Bonchev–Trinajstić information content (AvgIpc) is 3.19. The maximum atomic E-state index is 14.0. The fourth-order valence-electron chi connectivity index (χ4n) is 4.04. The molecule has 0 bridgehead atoms. The summed E-state index contributed by atoms with van der Waals surface area (Å²) in [6.07, 6.45) is 2.31. The average molecular weight is 493 g/mol. The first-order valence-electron chi connectivity index (χ1n) is 11.5. The van der Waals surface area contributed by atoms with E-state index in [0.717, 1.165) is 17.7 Å². The van der Waals surface area contributed by atoms with Gasteiger partial charge in [0.2, 0.25) is 0 Å². The summed E-state index contributed by atoms with van der Waals surface area (Å²) in [5.74, 6) is -2.17. The van der Waals surface area contributed by atoms with Crippen molar-refractivity contribution < 1.29 is 28.2 Å². The lowest BCUT2D eigenvalue weighted by molar-refractivity contribution is -0.142. The van der Waals surface area contributed by atoms with Gasteiger partial charge in [0.15, 0.2) is 17.2 Å². The van der Waals surface area contributed by atoms with Gasteiger partial charge in [0, 0.05) is 12.6 Å². The third-order valence-electron chi connectivity index (χ3n) is 6.31. The van der Waals surface area contributed by atoms with Crippen molar-refractivity contribution in [2.45, 2.75) is 45.6 Å². The summed E-state index contributed by atoms with van der Waals surface area (Å²) in [6.45, 7) is 4.68. The maximum absolute atomic E-state index is 14.0. The highest BCUT2D eigenvalue weighted by Gasteiger charge is 2.29. The SMILES string of the molecule is Cc1nc2c(OCc3c(F)cccc3F)cccn2c1C(=O)CCc1cccc(C(C)(C)C(=O)O)c1. The van der Waals surface area contributed by atoms with Gasteiger partial charge in [0.05, 0.1) is 16.7 Å². The first kappa shape index (κ1) is 25.0. The first-order valence-corrected chi connectivity index (χ1v) is 11.5. The Bertz CT molecular complexity index is 1440. The van der Waals surface area contributed by atoms with Crippen LogP contribution >= 0.6 is 0 Å². The molecule has 36 heavy (non-hydrogen) atoms. The van der Waals surface area contributed by atoms with Crippen molar-refractivity contribution in [1.29, 1.82) is 0 Å². The second kappa shape index (κ2) is 9.89. The monoisotopic (exact) mass is 492 g/mol. The highest BCUT2D eigenvalue weighted by molar-refractivity contribution is 5.96. The Kier molecular flexibility index (Phi) is 6.88. The largest absolute Gasteiger partial charge is 0.485 e. The van der Waals surface area contributed by atoms with E-state index in [9.17, 15) is 23.5 Å². The van der Waals surface area contributed by atoms with Crippen LogP contribution in [0.25, 0.3) is 5.65 Å². The van der Waals surface area contributed by atoms with Crippen LogP contribution in [0, 0.1) is 18.6 Å². The number of hydrogen-bond acceptors (Lipinski definition) is 4. The number of halogens is 2. The standard InChI is InChI=1S/C28H26F2N2O4/c1-17-25(23(33)13-12-18-7-4-8-19(15-18)28(2,3)27(34)35)32-14-6-11-24(26(32)31-17)36-16-20-21(29)9-5-10-22(20)30/h4-11,14-15H,12-13,16H2,1-3H3,(H,34,35). The van der Waals surface area contributed by atoms with Crippen molar-refractivity contribution in [1.82, 2.24) is 9.38 Å². The molecule has 1 N–H and O–H groups in total. The third-order valence-corrected chi connectivity index (χ3v) is 6.31. The van der Waals surface area contributed by atoms with E-state index in [1.165, 1.54) is 6.07 Å². The summed E-state index contributed by atoms with van der Waals surface area (Å²) in [4.78, 5) is 29.3. The summed E-state index contributed by atoms with van der Waals surface area (Å²) in [5.41, 5.74) is 1.58. The van der Waals surface area contributed by atoms with Crippen LogP contribution in [-0.2, 0) is 23.2 Å². The fraction of sp³-hybridized carbons (Fsp3) is 0.250. The van der Waals surface area contributed by atoms with E-state index in [1.54, 1.807) is 55.6 Å². The number of rotatable bonds is 9. The number of fused-ring (bicyclic) bond motifs is 1. The highest BCUT2D eigenvalue weighted by Crippen LogP contribution is 2.27. The maximum Gasteiger partial charge on any atom is 0.313 e. The molecule has 0 fully saturated rings. The quantitative estimate of drug-likeness (QED) is 0.304. The lowest BCUT2D eigenvalue weighted by Crippen LogP contribution is -2.28. The first-order chi connectivity index (χ1) is 17.1. The number of pyridine rings is 1. The Hall–Kier alpha value is -4.07. The second-order valence-electron chi connectivity index (χ2n) is 9.15. The molecule has 2 heterocycles. The molecule has 4 aromatic rings. The summed E-state index contributed by atoms with van der Waals surface area (Å²) in [5, 5.41) is 9.50. The van der Waals surface area contributed by atoms with E-state index in [1.807, 2.05) is 12.1 Å². The zero-order valence-corrected chi connectivity index (χ0v) is 20.2. The van der Waals surface area contributed by atoms with E-state index in [2.05, 4.69) is 4.98 Å². The summed E-state index contributed by atoms with van der Waals surface area (Å²) < 4.78 is 35.3. The highest BCUT2D eigenvalue weighted by atomic mass is 19.1. The normalized spacial score (nSPS) is 11.6. The van der Waals surface area contributed by atoms with Crippen LogP contribution in [0.4, 0.5) is 8.78 Å². The lowest BCUT2D eigenvalue weighted by Gasteiger charge is -2.20. The Morgan fingerprint density at radius 2 is 1.75 bits per heavy atom. The molecular formula is C28H26F2N2O4. The van der Waals surface area contributed by atoms with E-state index in [4.69, 9.17) is 4.74 Å². The molecule has 2 aromatic heterocycles. The minimum Gasteiger partial charge on any atom is -0.485 e. The second-order valence-corrected chi connectivity index (χ2v) is 9.15. The Morgan fingerprint density at radius 3 is 2.44 bits per heavy atom. The lowest BCUT2D eigenvalue weighted by atomic mass is 9.83. The number of Topliss-reactive ketones (excluding diaryl/α,β-unsaturated/α-hetero) is 1. The van der Waals surface area contributed by atoms with Crippen LogP contribution in [0.15, 0.2) is 60.8 Å². The minimum absolute atomic E-state index is 0.139. The third kappa shape index (κ3) is 4.84. The summed E-state index contributed by atoms with van der Waals surface area (Å²) in [6, 6.07) is 14.2. The van der Waals surface area contributed by atoms with Crippen LogP contribution in [0.3, 0.4) is 0 Å². The molecule has 0 saturated heterocycles. The van der Waals surface area contributed by atoms with Crippen molar-refractivity contribution in [3.63, 3.8) is 0 Å². The molecule has 186 valence electrons. The molecule has 0 spiro atoms. The topological polar surface area (TPSA) is 80.9 Å². The number of hydrogen-bond donors (Lipinski definition) is 1. The number of ketones is 1. The number of imidazole rings is 1. The molecular weight excluding hydrogens is 466 g/mol. The number of benzene rings is 2. The predicted molar refractivity (Wildman–Crippen MR) is 130 cm³/mol. The Morgan fingerprint density at radius 1 is 1.06 bits per heavy atom. The van der Waals surface area contributed by atoms with Gasteiger partial charge < -0.3 is 9.84 Å². The number of aryl methyl sites for hydroxylation is 2. The van der Waals surface area contributed by atoms with Crippen LogP contribution in [0.1, 0.15) is 53.1 Å². The van der Waals surface area contributed by atoms with Gasteiger partial charge in [-0.3, -0.25) is 14.0 Å². The van der Waals surface area contributed by atoms with Crippen LogP contribution in [0.2, 0.25) is 0 Å². The van der Waals surface area contributed by atoms with E-state index < -0.39 is 23.0 Å². The smallest absolute Gasteiger partial charge is 0.313 e. The molecule has 0 aliphatic rings. The van der Waals surface area contributed by atoms with Crippen molar-refractivity contribution in [3.05, 3.63) is 101 Å². The molecule has 0 amide bonds. The number of aromatic nitrogens is 2. The molecule has 0 aliphatic heterocycles. The number of carboxylic acid groups (broad SMARTS) is 1. The number of carbonyl (C=O) groups excluding carboxylic acids is 1. The molecule has 0 radical (unpaired) electrons. The summed E-state index contributed by atoms with van der Waals surface area (Å²) in [7, 11) is 0. The molecule has 8 heteroatoms.